The molecule has 1 unspecified atom stereocenters. The smallest absolute Gasteiger partial charge is 0.409 e. The summed E-state index contributed by atoms with van der Waals surface area (Å²) in [5.41, 5.74) is 0.158. The van der Waals surface area contributed by atoms with Crippen LogP contribution < -0.4 is 0 Å². The zero-order valence-corrected chi connectivity index (χ0v) is 11.1. The van der Waals surface area contributed by atoms with Gasteiger partial charge in [0.2, 0.25) is 0 Å². The lowest BCUT2D eigenvalue weighted by molar-refractivity contribution is 0.0536. The molecule has 0 bridgehead atoms. The number of likely N-dealkylation sites (tertiary alicyclic amines) is 1. The number of nitrogens with zero attached hydrogens (tertiary/aromatic N) is 2. The maximum Gasteiger partial charge on any atom is 0.409 e. The predicted octanol–water partition coefficient (Wildman–Crippen LogP) is 1.95. The van der Waals surface area contributed by atoms with E-state index in [4.69, 9.17) is 4.74 Å². The molecule has 1 saturated heterocycles. The van der Waals surface area contributed by atoms with Crippen LogP contribution in [0.25, 0.3) is 0 Å². The number of carbonyl (C=O) groups is 1. The first-order chi connectivity index (χ1) is 7.32. The average molecular weight is 228 g/mol. The van der Waals surface area contributed by atoms with Crippen LogP contribution in [-0.2, 0) is 4.74 Å². The second-order valence-corrected chi connectivity index (χ2v) is 5.63. The molecule has 4 heteroatoms. The Morgan fingerprint density at radius 3 is 2.56 bits per heavy atom. The molecule has 1 heterocycles. The van der Waals surface area contributed by atoms with Crippen LogP contribution >= 0.6 is 0 Å². The van der Waals surface area contributed by atoms with Crippen molar-refractivity contribution in [2.75, 3.05) is 27.2 Å². The molecule has 0 aromatic rings. The third-order valence-corrected chi connectivity index (χ3v) is 3.00. The van der Waals surface area contributed by atoms with Gasteiger partial charge in [0, 0.05) is 25.7 Å². The van der Waals surface area contributed by atoms with Gasteiger partial charge < -0.3 is 9.64 Å². The van der Waals surface area contributed by atoms with Gasteiger partial charge in [-0.25, -0.2) is 4.79 Å². The first-order valence-corrected chi connectivity index (χ1v) is 5.93. The van der Waals surface area contributed by atoms with Crippen LogP contribution in [0.3, 0.4) is 0 Å². The average Bonchev–Trinajstić information content (AvgIpc) is 2.60. The SMILES string of the molecule is CN(C)C(=O)OCC1CCCN1C(C)(C)C. The van der Waals surface area contributed by atoms with Crippen molar-refractivity contribution in [3.05, 3.63) is 0 Å². The van der Waals surface area contributed by atoms with Crippen molar-refractivity contribution in [3.63, 3.8) is 0 Å². The lowest BCUT2D eigenvalue weighted by Crippen LogP contribution is -2.46. The Labute approximate surface area is 98.5 Å². The lowest BCUT2D eigenvalue weighted by atomic mass is 10.1. The van der Waals surface area contributed by atoms with E-state index >= 15 is 0 Å². The van der Waals surface area contributed by atoms with E-state index in [0.717, 1.165) is 13.0 Å². The van der Waals surface area contributed by atoms with Gasteiger partial charge in [0.1, 0.15) is 6.61 Å². The van der Waals surface area contributed by atoms with Crippen molar-refractivity contribution in [1.82, 2.24) is 9.80 Å². The Bertz CT molecular complexity index is 246. The number of rotatable bonds is 2. The van der Waals surface area contributed by atoms with Gasteiger partial charge in [-0.05, 0) is 40.2 Å². The molecule has 1 fully saturated rings. The van der Waals surface area contributed by atoms with E-state index in [0.29, 0.717) is 12.6 Å². The maximum absolute atomic E-state index is 11.3. The summed E-state index contributed by atoms with van der Waals surface area (Å²) in [5.74, 6) is 0. The molecule has 0 saturated carbocycles. The van der Waals surface area contributed by atoms with Gasteiger partial charge in [0.25, 0.3) is 0 Å². The minimum absolute atomic E-state index is 0.158. The molecular formula is C12H24N2O2. The minimum Gasteiger partial charge on any atom is -0.448 e. The number of hydrogen-bond acceptors (Lipinski definition) is 3. The fraction of sp³-hybridized carbons (Fsp3) is 0.917. The van der Waals surface area contributed by atoms with E-state index in [2.05, 4.69) is 25.7 Å². The van der Waals surface area contributed by atoms with Crippen LogP contribution in [0.2, 0.25) is 0 Å². The van der Waals surface area contributed by atoms with Crippen LogP contribution in [0.5, 0.6) is 0 Å². The zero-order chi connectivity index (χ0) is 12.3. The molecule has 1 rings (SSSR count). The first-order valence-electron chi connectivity index (χ1n) is 5.93. The van der Waals surface area contributed by atoms with E-state index in [1.54, 1.807) is 14.1 Å². The second-order valence-electron chi connectivity index (χ2n) is 5.63. The Morgan fingerprint density at radius 1 is 1.44 bits per heavy atom. The van der Waals surface area contributed by atoms with Crippen LogP contribution in [0, 0.1) is 0 Å². The van der Waals surface area contributed by atoms with Crippen LogP contribution in [0.4, 0.5) is 4.79 Å². The monoisotopic (exact) mass is 228 g/mol. The topological polar surface area (TPSA) is 32.8 Å². The summed E-state index contributed by atoms with van der Waals surface area (Å²) in [7, 11) is 3.41. The molecule has 94 valence electrons. The fourth-order valence-electron chi connectivity index (χ4n) is 2.19. The van der Waals surface area contributed by atoms with Gasteiger partial charge in [-0.3, -0.25) is 4.90 Å². The summed E-state index contributed by atoms with van der Waals surface area (Å²) >= 11 is 0. The van der Waals surface area contributed by atoms with Crippen molar-refractivity contribution in [2.24, 2.45) is 0 Å². The molecule has 0 N–H and O–H groups in total. The van der Waals surface area contributed by atoms with E-state index in [-0.39, 0.29) is 11.6 Å². The molecule has 0 radical (unpaired) electrons. The Morgan fingerprint density at radius 2 is 2.06 bits per heavy atom. The van der Waals surface area contributed by atoms with Crippen molar-refractivity contribution < 1.29 is 9.53 Å². The molecule has 0 spiro atoms. The van der Waals surface area contributed by atoms with Crippen LogP contribution in [-0.4, -0.2) is 54.7 Å². The molecule has 0 aromatic carbocycles. The summed E-state index contributed by atoms with van der Waals surface area (Å²) in [4.78, 5) is 15.2. The highest BCUT2D eigenvalue weighted by molar-refractivity contribution is 5.66. The lowest BCUT2D eigenvalue weighted by Gasteiger charge is -2.36. The zero-order valence-electron chi connectivity index (χ0n) is 11.1. The van der Waals surface area contributed by atoms with Crippen LogP contribution in [0.1, 0.15) is 33.6 Å². The standard InChI is InChI=1S/C12H24N2O2/c1-12(2,3)14-8-6-7-10(14)9-16-11(15)13(4)5/h10H,6-9H2,1-5H3. The summed E-state index contributed by atoms with van der Waals surface area (Å²) in [6.07, 6.45) is 2.07. The van der Waals surface area contributed by atoms with Crippen molar-refractivity contribution in [2.45, 2.75) is 45.2 Å². The van der Waals surface area contributed by atoms with Crippen molar-refractivity contribution in [3.8, 4) is 0 Å². The van der Waals surface area contributed by atoms with Gasteiger partial charge in [0.15, 0.2) is 0 Å². The highest BCUT2D eigenvalue weighted by Crippen LogP contribution is 2.26. The largest absolute Gasteiger partial charge is 0.448 e. The number of carbonyl (C=O) groups excluding carboxylic acids is 1. The Kier molecular flexibility index (Phi) is 4.19. The molecule has 16 heavy (non-hydrogen) atoms. The van der Waals surface area contributed by atoms with Gasteiger partial charge >= 0.3 is 6.09 Å². The highest BCUT2D eigenvalue weighted by atomic mass is 16.6. The second kappa shape index (κ2) is 5.04. The normalized spacial score (nSPS) is 22.2. The summed E-state index contributed by atoms with van der Waals surface area (Å²) in [6.45, 7) is 8.24. The molecule has 1 aliphatic heterocycles. The molecule has 1 amide bonds. The first kappa shape index (κ1) is 13.3. The van der Waals surface area contributed by atoms with Gasteiger partial charge in [-0.2, -0.15) is 0 Å². The van der Waals surface area contributed by atoms with Gasteiger partial charge in [-0.1, -0.05) is 0 Å². The predicted molar refractivity (Wildman–Crippen MR) is 64.5 cm³/mol. The number of ether oxygens (including phenoxy) is 1. The third-order valence-electron chi connectivity index (χ3n) is 3.00. The third kappa shape index (κ3) is 3.37. The Balaban J connectivity index is 2.45. The number of hydrogen-bond donors (Lipinski definition) is 0. The summed E-state index contributed by atoms with van der Waals surface area (Å²) < 4.78 is 5.26. The molecule has 1 aliphatic rings. The van der Waals surface area contributed by atoms with Crippen molar-refractivity contribution >= 4 is 6.09 Å². The highest BCUT2D eigenvalue weighted by Gasteiger charge is 2.33. The van der Waals surface area contributed by atoms with Crippen molar-refractivity contribution in [1.29, 1.82) is 0 Å². The Hall–Kier alpha value is -0.770. The van der Waals surface area contributed by atoms with Gasteiger partial charge in [0.05, 0.1) is 0 Å². The molecule has 1 atom stereocenters. The molecule has 0 aliphatic carbocycles. The van der Waals surface area contributed by atoms with Gasteiger partial charge in [-0.15, -0.1) is 0 Å². The van der Waals surface area contributed by atoms with E-state index in [1.165, 1.54) is 11.3 Å². The molecule has 0 aromatic heterocycles. The van der Waals surface area contributed by atoms with Crippen LogP contribution in [0.15, 0.2) is 0 Å². The molecular weight excluding hydrogens is 204 g/mol. The van der Waals surface area contributed by atoms with E-state index < -0.39 is 0 Å². The van der Waals surface area contributed by atoms with E-state index in [9.17, 15) is 4.79 Å². The summed E-state index contributed by atoms with van der Waals surface area (Å²) in [5, 5.41) is 0. The maximum atomic E-state index is 11.3. The minimum atomic E-state index is -0.249. The summed E-state index contributed by atoms with van der Waals surface area (Å²) in [6, 6.07) is 0.379. The molecule has 4 nitrogen and oxygen atoms in total. The quantitative estimate of drug-likeness (QED) is 0.724. The number of amides is 1. The van der Waals surface area contributed by atoms with E-state index in [1.807, 2.05) is 0 Å². The fourth-order valence-corrected chi connectivity index (χ4v) is 2.19.